The molecule has 0 N–H and O–H groups in total. The van der Waals surface area contributed by atoms with Crippen LogP contribution in [0.15, 0.2) is 0 Å². The Morgan fingerprint density at radius 2 is 1.05 bits per heavy atom. The van der Waals surface area contributed by atoms with E-state index >= 15 is 0 Å². The van der Waals surface area contributed by atoms with Crippen molar-refractivity contribution in [1.29, 1.82) is 0 Å². The number of rotatable bonds is 14. The summed E-state index contributed by atoms with van der Waals surface area (Å²) in [5.41, 5.74) is -0.856. The number of unbranched alkanes of at least 4 members (excludes halogenated alkanes) is 1. The van der Waals surface area contributed by atoms with Gasteiger partial charge in [0.05, 0.1) is 24.0 Å². The Labute approximate surface area is 236 Å². The highest BCUT2D eigenvalue weighted by molar-refractivity contribution is 6.71. The van der Waals surface area contributed by atoms with E-state index in [-0.39, 0.29) is 34.1 Å². The molecule has 0 aliphatic rings. The summed E-state index contributed by atoms with van der Waals surface area (Å²) in [4.78, 5) is 36.0. The number of ether oxygens (including phenoxy) is 2. The van der Waals surface area contributed by atoms with Crippen LogP contribution in [-0.2, 0) is 28.3 Å². The molecule has 0 saturated heterocycles. The standard InChI is InChI=1S/C12H26O3Si.C10H20O2.C8H17NO/c1-7-12(2,3)11(13)15-9-8-10-16(5,6)14-4;1-5-7-8-12-9(11)10(3,4)6-2;1-6-8(2,3)7(10)9(4)5/h7-10H2,1-6H3;5-8H2,1-4H3;6H2,1-5H3. The molecule has 0 heterocycles. The van der Waals surface area contributed by atoms with Gasteiger partial charge in [0, 0.05) is 26.6 Å². The second kappa shape index (κ2) is 19.6. The molecule has 0 bridgehead atoms. The van der Waals surface area contributed by atoms with Crippen LogP contribution in [0.5, 0.6) is 0 Å². The maximum atomic E-state index is 11.6. The molecule has 0 aromatic rings. The quantitative estimate of drug-likeness (QED) is 0.124. The van der Waals surface area contributed by atoms with Gasteiger partial charge in [-0.3, -0.25) is 14.4 Å². The fourth-order valence-corrected chi connectivity index (χ4v) is 3.71. The molecular formula is C30H63NO6Si. The van der Waals surface area contributed by atoms with E-state index in [0.717, 1.165) is 44.6 Å². The first-order valence-electron chi connectivity index (χ1n) is 14.3. The van der Waals surface area contributed by atoms with Gasteiger partial charge in [-0.1, -0.05) is 48.0 Å². The summed E-state index contributed by atoms with van der Waals surface area (Å²) in [7, 11) is 3.85. The third-order valence-electron chi connectivity index (χ3n) is 7.18. The van der Waals surface area contributed by atoms with Crippen molar-refractivity contribution in [2.24, 2.45) is 16.2 Å². The predicted octanol–water partition coefficient (Wildman–Crippen LogP) is 7.48. The number of nitrogens with zero attached hydrogens (tertiary/aromatic N) is 1. The molecule has 0 unspecified atom stereocenters. The molecule has 7 nitrogen and oxygen atoms in total. The summed E-state index contributed by atoms with van der Waals surface area (Å²) in [6.07, 6.45) is 5.47. The van der Waals surface area contributed by atoms with Gasteiger partial charge in [0.25, 0.3) is 0 Å². The molecule has 0 saturated carbocycles. The first kappa shape index (κ1) is 41.1. The number of carbonyl (C=O) groups excluding carboxylic acids is 3. The lowest BCUT2D eigenvalue weighted by Crippen LogP contribution is -2.35. The van der Waals surface area contributed by atoms with E-state index in [1.807, 2.05) is 62.3 Å². The zero-order chi connectivity index (χ0) is 30.8. The second-order valence-corrected chi connectivity index (χ2v) is 17.0. The van der Waals surface area contributed by atoms with Gasteiger partial charge in [0.15, 0.2) is 8.32 Å². The van der Waals surface area contributed by atoms with Crippen molar-refractivity contribution in [3.05, 3.63) is 0 Å². The molecule has 228 valence electrons. The molecule has 0 aromatic heterocycles. The van der Waals surface area contributed by atoms with Crippen LogP contribution in [0.3, 0.4) is 0 Å². The number of esters is 2. The molecule has 38 heavy (non-hydrogen) atoms. The Morgan fingerprint density at radius 3 is 1.32 bits per heavy atom. The monoisotopic (exact) mass is 561 g/mol. The van der Waals surface area contributed by atoms with E-state index < -0.39 is 8.32 Å². The lowest BCUT2D eigenvalue weighted by Gasteiger charge is -2.25. The van der Waals surface area contributed by atoms with Gasteiger partial charge in [-0.05, 0) is 78.9 Å². The number of hydrogen-bond acceptors (Lipinski definition) is 6. The summed E-state index contributed by atoms with van der Waals surface area (Å²) in [5.74, 6) is 0.0420. The van der Waals surface area contributed by atoms with E-state index in [9.17, 15) is 14.4 Å². The van der Waals surface area contributed by atoms with Crippen LogP contribution in [-0.4, -0.2) is 65.5 Å². The summed E-state index contributed by atoms with van der Waals surface area (Å²) in [5, 5.41) is 0. The fraction of sp³-hybridized carbons (Fsp3) is 0.900. The Bertz CT molecular complexity index is 672. The highest BCUT2D eigenvalue weighted by Crippen LogP contribution is 2.23. The smallest absolute Gasteiger partial charge is 0.311 e. The summed E-state index contributed by atoms with van der Waals surface area (Å²) < 4.78 is 15.8. The number of hydrogen-bond donors (Lipinski definition) is 0. The molecule has 1 amide bonds. The predicted molar refractivity (Wildman–Crippen MR) is 162 cm³/mol. The van der Waals surface area contributed by atoms with Gasteiger partial charge in [0.2, 0.25) is 5.91 Å². The number of carbonyl (C=O) groups is 3. The maximum Gasteiger partial charge on any atom is 0.311 e. The molecular weight excluding hydrogens is 498 g/mol. The zero-order valence-corrected chi connectivity index (χ0v) is 28.8. The molecule has 0 aliphatic carbocycles. The molecule has 0 aromatic carbocycles. The summed E-state index contributed by atoms with van der Waals surface area (Å²) >= 11 is 0. The zero-order valence-electron chi connectivity index (χ0n) is 27.8. The minimum atomic E-state index is -1.49. The van der Waals surface area contributed by atoms with Gasteiger partial charge < -0.3 is 18.8 Å². The minimum Gasteiger partial charge on any atom is -0.465 e. The molecule has 0 aliphatic heterocycles. The highest BCUT2D eigenvalue weighted by atomic mass is 28.4. The number of amides is 1. The van der Waals surface area contributed by atoms with E-state index in [0.29, 0.717) is 13.2 Å². The molecule has 0 radical (unpaired) electrons. The summed E-state index contributed by atoms with van der Waals surface area (Å²) in [6.45, 7) is 25.2. The van der Waals surface area contributed by atoms with Gasteiger partial charge in [0.1, 0.15) is 0 Å². The highest BCUT2D eigenvalue weighted by Gasteiger charge is 2.28. The van der Waals surface area contributed by atoms with Crippen molar-refractivity contribution in [1.82, 2.24) is 4.90 Å². The van der Waals surface area contributed by atoms with Crippen LogP contribution in [0.4, 0.5) is 0 Å². The lowest BCUT2D eigenvalue weighted by molar-refractivity contribution is -0.154. The van der Waals surface area contributed by atoms with Gasteiger partial charge >= 0.3 is 11.9 Å². The van der Waals surface area contributed by atoms with Crippen LogP contribution in [0.2, 0.25) is 19.1 Å². The third kappa shape index (κ3) is 18.8. The van der Waals surface area contributed by atoms with Crippen molar-refractivity contribution < 1.29 is 28.3 Å². The average Bonchev–Trinajstić information content (AvgIpc) is 2.86. The van der Waals surface area contributed by atoms with E-state index in [2.05, 4.69) is 20.0 Å². The topological polar surface area (TPSA) is 82.1 Å². The molecule has 0 spiro atoms. The Hall–Kier alpha value is -1.41. The van der Waals surface area contributed by atoms with Crippen LogP contribution < -0.4 is 0 Å². The first-order valence-corrected chi connectivity index (χ1v) is 17.4. The third-order valence-corrected chi connectivity index (χ3v) is 9.84. The van der Waals surface area contributed by atoms with Crippen molar-refractivity contribution in [3.8, 4) is 0 Å². The minimum absolute atomic E-state index is 0.0709. The largest absolute Gasteiger partial charge is 0.465 e. The first-order chi connectivity index (χ1) is 17.2. The SMILES string of the molecule is CCC(C)(C)C(=O)N(C)C.CCC(C)(C)C(=O)OCCC[Si](C)(C)OC.CCCCOC(=O)C(C)(C)CC. The molecule has 0 fully saturated rings. The van der Waals surface area contributed by atoms with Gasteiger partial charge in [-0.15, -0.1) is 0 Å². The maximum absolute atomic E-state index is 11.6. The van der Waals surface area contributed by atoms with E-state index in [1.165, 1.54) is 0 Å². The summed E-state index contributed by atoms with van der Waals surface area (Å²) in [6, 6.07) is 1.03. The van der Waals surface area contributed by atoms with Crippen LogP contribution in [0, 0.1) is 16.2 Å². The van der Waals surface area contributed by atoms with Crippen LogP contribution >= 0.6 is 0 Å². The van der Waals surface area contributed by atoms with Crippen molar-refractivity contribution in [2.45, 2.75) is 127 Å². The average molecular weight is 562 g/mol. The lowest BCUT2D eigenvalue weighted by atomic mass is 9.89. The van der Waals surface area contributed by atoms with E-state index in [4.69, 9.17) is 13.9 Å². The van der Waals surface area contributed by atoms with Gasteiger partial charge in [-0.2, -0.15) is 0 Å². The van der Waals surface area contributed by atoms with Crippen molar-refractivity contribution >= 4 is 26.2 Å². The molecule has 0 atom stereocenters. The Balaban J connectivity index is -0.000000499. The normalized spacial score (nSPS) is 11.9. The Morgan fingerprint density at radius 1 is 0.684 bits per heavy atom. The van der Waals surface area contributed by atoms with Crippen LogP contribution in [0.25, 0.3) is 0 Å². The van der Waals surface area contributed by atoms with Gasteiger partial charge in [-0.25, -0.2) is 0 Å². The molecule has 8 heteroatoms. The fourth-order valence-electron chi connectivity index (χ4n) is 2.51. The Kier molecular flexibility index (Phi) is 21.2. The van der Waals surface area contributed by atoms with E-state index in [1.54, 1.807) is 26.1 Å². The van der Waals surface area contributed by atoms with Crippen molar-refractivity contribution in [2.75, 3.05) is 34.4 Å². The van der Waals surface area contributed by atoms with Crippen LogP contribution in [0.1, 0.15) is 108 Å². The second-order valence-electron chi connectivity index (χ2n) is 12.6. The molecule has 0 rings (SSSR count). The van der Waals surface area contributed by atoms with Crippen molar-refractivity contribution in [3.63, 3.8) is 0 Å².